The van der Waals surface area contributed by atoms with Gasteiger partial charge in [0.05, 0.1) is 6.20 Å². The second-order valence-electron chi connectivity index (χ2n) is 6.62. The maximum atomic E-state index is 12.4. The van der Waals surface area contributed by atoms with Crippen LogP contribution in [0, 0.1) is 13.8 Å². The molecule has 142 valence electrons. The Bertz CT molecular complexity index is 1100. The maximum absolute atomic E-state index is 12.4. The summed E-state index contributed by atoms with van der Waals surface area (Å²) in [6.07, 6.45) is 1.44. The number of anilines is 1. The van der Waals surface area contributed by atoms with E-state index < -0.39 is 0 Å². The van der Waals surface area contributed by atoms with Crippen molar-refractivity contribution in [2.45, 2.75) is 26.9 Å². The third kappa shape index (κ3) is 3.57. The van der Waals surface area contributed by atoms with Crippen molar-refractivity contribution in [1.82, 2.24) is 25.3 Å². The molecule has 4 aromatic rings. The monoisotopic (exact) mass is 376 g/mol. The fourth-order valence-electron chi connectivity index (χ4n) is 3.15. The van der Waals surface area contributed by atoms with E-state index in [9.17, 15) is 4.79 Å². The third-order valence-corrected chi connectivity index (χ3v) is 4.54. The van der Waals surface area contributed by atoms with Gasteiger partial charge < -0.3 is 15.5 Å². The molecule has 0 unspecified atom stereocenters. The summed E-state index contributed by atoms with van der Waals surface area (Å²) in [7, 11) is 0. The summed E-state index contributed by atoms with van der Waals surface area (Å²) < 4.78 is 5.76. The predicted molar refractivity (Wildman–Crippen MR) is 105 cm³/mol. The molecule has 3 heterocycles. The summed E-state index contributed by atoms with van der Waals surface area (Å²) in [6.45, 7) is 4.51. The number of furan rings is 1. The zero-order chi connectivity index (χ0) is 19.7. The molecule has 28 heavy (non-hydrogen) atoms. The first-order valence-electron chi connectivity index (χ1n) is 8.88. The molecule has 0 saturated heterocycles. The zero-order valence-corrected chi connectivity index (χ0v) is 15.6. The van der Waals surface area contributed by atoms with Crippen LogP contribution < -0.4 is 11.1 Å². The molecule has 4 rings (SSSR count). The molecule has 0 saturated carbocycles. The van der Waals surface area contributed by atoms with Crippen LogP contribution in [0.4, 0.5) is 5.82 Å². The van der Waals surface area contributed by atoms with Crippen LogP contribution in [0.5, 0.6) is 0 Å². The summed E-state index contributed by atoms with van der Waals surface area (Å²) in [6, 6.07) is 11.5. The van der Waals surface area contributed by atoms with Crippen LogP contribution in [0.25, 0.3) is 11.0 Å². The molecule has 0 radical (unpaired) electrons. The number of hydrogen-bond donors (Lipinski definition) is 2. The molecular formula is C20H20N6O2. The summed E-state index contributed by atoms with van der Waals surface area (Å²) in [5, 5.41) is 12.3. The van der Waals surface area contributed by atoms with Crippen LogP contribution in [0.3, 0.4) is 0 Å². The van der Waals surface area contributed by atoms with Gasteiger partial charge in [-0.1, -0.05) is 18.2 Å². The molecule has 8 heteroatoms. The Morgan fingerprint density at radius 2 is 2.07 bits per heavy atom. The van der Waals surface area contributed by atoms with Gasteiger partial charge in [-0.05, 0) is 43.2 Å². The lowest BCUT2D eigenvalue weighted by molar-refractivity contribution is 0.0945. The van der Waals surface area contributed by atoms with Crippen molar-refractivity contribution < 1.29 is 9.21 Å². The van der Waals surface area contributed by atoms with Crippen LogP contribution >= 0.6 is 0 Å². The van der Waals surface area contributed by atoms with Gasteiger partial charge in [0.2, 0.25) is 0 Å². The number of rotatable bonds is 5. The minimum Gasteiger partial charge on any atom is -0.459 e. The molecule has 0 fully saturated rings. The minimum atomic E-state index is -0.300. The van der Waals surface area contributed by atoms with Crippen molar-refractivity contribution >= 4 is 22.7 Å². The van der Waals surface area contributed by atoms with Gasteiger partial charge in [0.25, 0.3) is 5.91 Å². The number of nitrogens with zero attached hydrogens (tertiary/aromatic N) is 4. The largest absolute Gasteiger partial charge is 0.459 e. The standard InChI is InChI=1S/C20H20N6O2/c1-12-7-19(21)24-13(2)16(12)9-22-20(27)17-10-23-26(25-17)11-15-8-14-5-3-4-6-18(14)28-15/h3-8,10H,9,11H2,1-2H3,(H2,21,24)(H,22,27). The number of carbonyl (C=O) groups is 1. The molecule has 3 N–H and O–H groups in total. The van der Waals surface area contributed by atoms with E-state index >= 15 is 0 Å². The highest BCUT2D eigenvalue weighted by molar-refractivity contribution is 5.91. The number of amides is 1. The van der Waals surface area contributed by atoms with Crippen LogP contribution in [0.15, 0.2) is 47.0 Å². The van der Waals surface area contributed by atoms with Gasteiger partial charge in [0.1, 0.15) is 23.7 Å². The van der Waals surface area contributed by atoms with Gasteiger partial charge in [-0.15, -0.1) is 5.10 Å². The molecule has 0 atom stereocenters. The Hall–Kier alpha value is -3.68. The average Bonchev–Trinajstić information content (AvgIpc) is 3.27. The van der Waals surface area contributed by atoms with Crippen LogP contribution in [-0.4, -0.2) is 25.9 Å². The summed E-state index contributed by atoms with van der Waals surface area (Å²) >= 11 is 0. The highest BCUT2D eigenvalue weighted by Gasteiger charge is 2.14. The van der Waals surface area contributed by atoms with Gasteiger partial charge in [0, 0.05) is 17.6 Å². The van der Waals surface area contributed by atoms with Gasteiger partial charge in [0.15, 0.2) is 5.69 Å². The first kappa shape index (κ1) is 17.7. The normalized spacial score (nSPS) is 11.1. The number of para-hydroxylation sites is 1. The lowest BCUT2D eigenvalue weighted by atomic mass is 10.1. The maximum Gasteiger partial charge on any atom is 0.273 e. The Labute approximate surface area is 161 Å². The molecule has 1 aromatic carbocycles. The van der Waals surface area contributed by atoms with Crippen molar-refractivity contribution in [3.05, 3.63) is 70.9 Å². The number of nitrogen functional groups attached to an aromatic ring is 1. The highest BCUT2D eigenvalue weighted by Crippen LogP contribution is 2.19. The lowest BCUT2D eigenvalue weighted by Crippen LogP contribution is -2.24. The number of fused-ring (bicyclic) bond motifs is 1. The fraction of sp³-hybridized carbons (Fsp3) is 0.200. The molecule has 0 aliphatic heterocycles. The molecule has 3 aromatic heterocycles. The quantitative estimate of drug-likeness (QED) is 0.554. The number of hydrogen-bond acceptors (Lipinski definition) is 6. The van der Waals surface area contributed by atoms with E-state index in [-0.39, 0.29) is 11.6 Å². The lowest BCUT2D eigenvalue weighted by Gasteiger charge is -2.10. The van der Waals surface area contributed by atoms with E-state index in [4.69, 9.17) is 10.2 Å². The van der Waals surface area contributed by atoms with Gasteiger partial charge in [-0.3, -0.25) is 4.79 Å². The first-order valence-corrected chi connectivity index (χ1v) is 8.88. The molecule has 0 aliphatic rings. The number of aryl methyl sites for hydroxylation is 2. The molecule has 8 nitrogen and oxygen atoms in total. The minimum absolute atomic E-state index is 0.245. The topological polar surface area (TPSA) is 112 Å². The van der Waals surface area contributed by atoms with E-state index in [0.717, 1.165) is 33.6 Å². The Morgan fingerprint density at radius 1 is 1.25 bits per heavy atom. The summed E-state index contributed by atoms with van der Waals surface area (Å²) in [5.41, 5.74) is 9.52. The van der Waals surface area contributed by atoms with E-state index in [2.05, 4.69) is 20.5 Å². The summed E-state index contributed by atoms with van der Waals surface area (Å²) in [5.74, 6) is 0.896. The zero-order valence-electron chi connectivity index (χ0n) is 15.6. The van der Waals surface area contributed by atoms with Gasteiger partial charge in [-0.25, -0.2) is 4.98 Å². The van der Waals surface area contributed by atoms with Crippen LogP contribution in [0.2, 0.25) is 0 Å². The second kappa shape index (κ2) is 7.15. The van der Waals surface area contributed by atoms with E-state index in [1.165, 1.54) is 11.0 Å². The fourth-order valence-corrected chi connectivity index (χ4v) is 3.15. The SMILES string of the molecule is Cc1cc(N)nc(C)c1CNC(=O)c1cnn(Cc2cc3ccccc3o2)n1. The van der Waals surface area contributed by atoms with E-state index in [0.29, 0.717) is 18.9 Å². The Kier molecular flexibility index (Phi) is 4.52. The van der Waals surface area contributed by atoms with Crippen LogP contribution in [0.1, 0.15) is 33.1 Å². The van der Waals surface area contributed by atoms with Gasteiger partial charge in [-0.2, -0.15) is 9.90 Å². The second-order valence-corrected chi connectivity index (χ2v) is 6.62. The number of nitrogens with two attached hydrogens (primary N) is 1. The summed E-state index contributed by atoms with van der Waals surface area (Å²) in [4.78, 5) is 18.1. The van der Waals surface area contributed by atoms with Crippen molar-refractivity contribution in [3.63, 3.8) is 0 Å². The highest BCUT2D eigenvalue weighted by atomic mass is 16.3. The molecule has 0 spiro atoms. The Morgan fingerprint density at radius 3 is 2.86 bits per heavy atom. The number of benzene rings is 1. The smallest absolute Gasteiger partial charge is 0.273 e. The predicted octanol–water partition coefficient (Wildman–Crippen LogP) is 2.60. The number of nitrogens with one attached hydrogen (secondary N) is 1. The van der Waals surface area contributed by atoms with E-state index in [1.807, 2.05) is 44.2 Å². The van der Waals surface area contributed by atoms with Crippen molar-refractivity contribution in [2.24, 2.45) is 0 Å². The first-order chi connectivity index (χ1) is 13.5. The molecular weight excluding hydrogens is 356 g/mol. The molecule has 0 aliphatic carbocycles. The number of aromatic nitrogens is 4. The number of pyridine rings is 1. The van der Waals surface area contributed by atoms with Crippen molar-refractivity contribution in [3.8, 4) is 0 Å². The number of carbonyl (C=O) groups excluding carboxylic acids is 1. The third-order valence-electron chi connectivity index (χ3n) is 4.54. The molecule has 0 bridgehead atoms. The Balaban J connectivity index is 1.43. The molecule has 1 amide bonds. The van der Waals surface area contributed by atoms with Crippen molar-refractivity contribution in [1.29, 1.82) is 0 Å². The average molecular weight is 376 g/mol. The van der Waals surface area contributed by atoms with Gasteiger partial charge >= 0.3 is 0 Å². The van der Waals surface area contributed by atoms with E-state index in [1.54, 1.807) is 6.07 Å². The van der Waals surface area contributed by atoms with Crippen molar-refractivity contribution in [2.75, 3.05) is 5.73 Å². The van der Waals surface area contributed by atoms with Crippen LogP contribution in [-0.2, 0) is 13.1 Å².